The van der Waals surface area contributed by atoms with E-state index < -0.39 is 0 Å². The first-order chi connectivity index (χ1) is 8.08. The molecule has 0 saturated heterocycles. The topological polar surface area (TPSA) is 47.3 Å². The zero-order chi connectivity index (χ0) is 12.8. The predicted octanol–water partition coefficient (Wildman–Crippen LogP) is 1.76. The summed E-state index contributed by atoms with van der Waals surface area (Å²) in [7, 11) is 1.66. The molecular formula is C13H21FN2O. The van der Waals surface area contributed by atoms with Gasteiger partial charge >= 0.3 is 0 Å². The molecule has 3 nitrogen and oxygen atoms in total. The Balaban J connectivity index is 2.75. The van der Waals surface area contributed by atoms with Crippen molar-refractivity contribution < 1.29 is 9.13 Å². The van der Waals surface area contributed by atoms with E-state index in [1.54, 1.807) is 13.2 Å². The van der Waals surface area contributed by atoms with Gasteiger partial charge in [-0.3, -0.25) is 0 Å². The highest BCUT2D eigenvalue weighted by molar-refractivity contribution is 5.29. The Morgan fingerprint density at radius 1 is 1.47 bits per heavy atom. The van der Waals surface area contributed by atoms with Gasteiger partial charge in [0.05, 0.1) is 6.10 Å². The summed E-state index contributed by atoms with van der Waals surface area (Å²) < 4.78 is 18.4. The molecule has 1 aromatic rings. The summed E-state index contributed by atoms with van der Waals surface area (Å²) in [5.41, 5.74) is 7.68. The third-order valence-corrected chi connectivity index (χ3v) is 2.91. The molecule has 96 valence electrons. The molecule has 0 amide bonds. The SMILES string of the molecule is COC(C)CNC(CN)c1cc(F)ccc1C. The average Bonchev–Trinajstić information content (AvgIpc) is 2.33. The molecule has 0 radical (unpaired) electrons. The third kappa shape index (κ3) is 4.07. The van der Waals surface area contributed by atoms with Gasteiger partial charge in [-0.05, 0) is 37.1 Å². The van der Waals surface area contributed by atoms with Crippen molar-refractivity contribution in [3.05, 3.63) is 35.1 Å². The normalized spacial score (nSPS) is 14.6. The van der Waals surface area contributed by atoms with Gasteiger partial charge in [0.1, 0.15) is 5.82 Å². The number of rotatable bonds is 6. The van der Waals surface area contributed by atoms with Crippen molar-refractivity contribution in [2.45, 2.75) is 26.0 Å². The summed E-state index contributed by atoms with van der Waals surface area (Å²) >= 11 is 0. The lowest BCUT2D eigenvalue weighted by atomic mass is 10.0. The molecule has 1 rings (SSSR count). The Labute approximate surface area is 102 Å². The van der Waals surface area contributed by atoms with Crippen molar-refractivity contribution in [1.82, 2.24) is 5.32 Å². The number of halogens is 1. The van der Waals surface area contributed by atoms with E-state index in [0.29, 0.717) is 13.1 Å². The fraction of sp³-hybridized carbons (Fsp3) is 0.538. The maximum absolute atomic E-state index is 13.2. The van der Waals surface area contributed by atoms with Gasteiger partial charge in [0.25, 0.3) is 0 Å². The van der Waals surface area contributed by atoms with E-state index in [4.69, 9.17) is 10.5 Å². The van der Waals surface area contributed by atoms with Crippen LogP contribution in [0, 0.1) is 12.7 Å². The summed E-state index contributed by atoms with van der Waals surface area (Å²) in [6, 6.07) is 4.74. The number of nitrogens with two attached hydrogens (primary N) is 1. The van der Waals surface area contributed by atoms with Gasteiger partial charge in [0.15, 0.2) is 0 Å². The van der Waals surface area contributed by atoms with E-state index in [1.807, 2.05) is 13.8 Å². The van der Waals surface area contributed by atoms with E-state index in [2.05, 4.69) is 5.32 Å². The van der Waals surface area contributed by atoms with Gasteiger partial charge in [0, 0.05) is 26.2 Å². The van der Waals surface area contributed by atoms with Crippen molar-refractivity contribution in [2.75, 3.05) is 20.2 Å². The molecule has 0 saturated carbocycles. The second-order valence-corrected chi connectivity index (χ2v) is 4.24. The molecule has 0 fully saturated rings. The van der Waals surface area contributed by atoms with Crippen LogP contribution in [0.25, 0.3) is 0 Å². The summed E-state index contributed by atoms with van der Waals surface area (Å²) in [5.74, 6) is -0.231. The van der Waals surface area contributed by atoms with Crippen LogP contribution in [0.2, 0.25) is 0 Å². The maximum atomic E-state index is 13.2. The summed E-state index contributed by atoms with van der Waals surface area (Å²) in [6.45, 7) is 5.05. The lowest BCUT2D eigenvalue weighted by Crippen LogP contribution is -2.34. The number of ether oxygens (including phenoxy) is 1. The molecular weight excluding hydrogens is 219 g/mol. The van der Waals surface area contributed by atoms with Crippen molar-refractivity contribution in [2.24, 2.45) is 5.73 Å². The van der Waals surface area contributed by atoms with Gasteiger partial charge in [0.2, 0.25) is 0 Å². The molecule has 2 unspecified atom stereocenters. The average molecular weight is 240 g/mol. The first-order valence-electron chi connectivity index (χ1n) is 5.80. The maximum Gasteiger partial charge on any atom is 0.123 e. The standard InChI is InChI=1S/C13H21FN2O/c1-9-4-5-11(14)6-12(9)13(7-15)16-8-10(2)17-3/h4-6,10,13,16H,7-8,15H2,1-3H3. The Kier molecular flexibility index (Phi) is 5.55. The molecule has 0 aromatic heterocycles. The van der Waals surface area contributed by atoms with Crippen LogP contribution in [-0.2, 0) is 4.74 Å². The van der Waals surface area contributed by atoms with E-state index >= 15 is 0 Å². The number of benzene rings is 1. The minimum atomic E-state index is -0.231. The van der Waals surface area contributed by atoms with Crippen LogP contribution < -0.4 is 11.1 Å². The first-order valence-corrected chi connectivity index (χ1v) is 5.80. The van der Waals surface area contributed by atoms with Crippen LogP contribution in [0.15, 0.2) is 18.2 Å². The second kappa shape index (κ2) is 6.69. The number of hydrogen-bond donors (Lipinski definition) is 2. The number of methoxy groups -OCH3 is 1. The molecule has 0 aliphatic heterocycles. The van der Waals surface area contributed by atoms with Crippen LogP contribution >= 0.6 is 0 Å². The first kappa shape index (κ1) is 14.1. The van der Waals surface area contributed by atoms with Gasteiger partial charge in [-0.2, -0.15) is 0 Å². The van der Waals surface area contributed by atoms with Crippen molar-refractivity contribution in [1.29, 1.82) is 0 Å². The summed E-state index contributed by atoms with van der Waals surface area (Å²) in [6.07, 6.45) is 0.109. The molecule has 1 aromatic carbocycles. The molecule has 0 aliphatic carbocycles. The highest BCUT2D eigenvalue weighted by Gasteiger charge is 2.13. The lowest BCUT2D eigenvalue weighted by molar-refractivity contribution is 0.114. The smallest absolute Gasteiger partial charge is 0.123 e. The second-order valence-electron chi connectivity index (χ2n) is 4.24. The van der Waals surface area contributed by atoms with Crippen molar-refractivity contribution in [3.8, 4) is 0 Å². The molecule has 17 heavy (non-hydrogen) atoms. The molecule has 0 bridgehead atoms. The Bertz CT molecular complexity index is 357. The minimum Gasteiger partial charge on any atom is -0.380 e. The monoisotopic (exact) mass is 240 g/mol. The highest BCUT2D eigenvalue weighted by atomic mass is 19.1. The number of aryl methyl sites for hydroxylation is 1. The molecule has 0 spiro atoms. The van der Waals surface area contributed by atoms with Crippen LogP contribution in [-0.4, -0.2) is 26.3 Å². The number of hydrogen-bond acceptors (Lipinski definition) is 3. The molecule has 2 atom stereocenters. The zero-order valence-corrected chi connectivity index (χ0v) is 10.7. The zero-order valence-electron chi connectivity index (χ0n) is 10.7. The van der Waals surface area contributed by atoms with E-state index in [1.165, 1.54) is 12.1 Å². The Morgan fingerprint density at radius 3 is 2.76 bits per heavy atom. The fourth-order valence-electron chi connectivity index (χ4n) is 1.70. The van der Waals surface area contributed by atoms with Crippen LogP contribution in [0.5, 0.6) is 0 Å². The van der Waals surface area contributed by atoms with Gasteiger partial charge in [-0.15, -0.1) is 0 Å². The highest BCUT2D eigenvalue weighted by Crippen LogP contribution is 2.18. The number of nitrogens with one attached hydrogen (secondary N) is 1. The molecule has 4 heteroatoms. The Morgan fingerprint density at radius 2 is 2.18 bits per heavy atom. The van der Waals surface area contributed by atoms with Gasteiger partial charge in [-0.1, -0.05) is 6.07 Å². The minimum absolute atomic E-state index is 0.0386. The predicted molar refractivity (Wildman–Crippen MR) is 67.4 cm³/mol. The Hall–Kier alpha value is -0.970. The summed E-state index contributed by atoms with van der Waals surface area (Å²) in [5, 5.41) is 3.29. The molecule has 0 heterocycles. The van der Waals surface area contributed by atoms with Crippen LogP contribution in [0.4, 0.5) is 4.39 Å². The van der Waals surface area contributed by atoms with Crippen LogP contribution in [0.3, 0.4) is 0 Å². The fourth-order valence-corrected chi connectivity index (χ4v) is 1.70. The van der Waals surface area contributed by atoms with E-state index in [-0.39, 0.29) is 18.0 Å². The quantitative estimate of drug-likeness (QED) is 0.796. The van der Waals surface area contributed by atoms with Crippen molar-refractivity contribution in [3.63, 3.8) is 0 Å². The lowest BCUT2D eigenvalue weighted by Gasteiger charge is -2.21. The largest absolute Gasteiger partial charge is 0.380 e. The van der Waals surface area contributed by atoms with Gasteiger partial charge < -0.3 is 15.8 Å². The van der Waals surface area contributed by atoms with Crippen LogP contribution in [0.1, 0.15) is 24.1 Å². The van der Waals surface area contributed by atoms with E-state index in [9.17, 15) is 4.39 Å². The van der Waals surface area contributed by atoms with Crippen molar-refractivity contribution >= 4 is 0 Å². The molecule has 0 aliphatic rings. The van der Waals surface area contributed by atoms with E-state index in [0.717, 1.165) is 11.1 Å². The summed E-state index contributed by atoms with van der Waals surface area (Å²) in [4.78, 5) is 0. The van der Waals surface area contributed by atoms with Gasteiger partial charge in [-0.25, -0.2) is 4.39 Å². The third-order valence-electron chi connectivity index (χ3n) is 2.91. The molecule has 3 N–H and O–H groups in total.